The van der Waals surface area contributed by atoms with Crippen LogP contribution < -0.4 is 5.56 Å². The van der Waals surface area contributed by atoms with Gasteiger partial charge in [0.15, 0.2) is 5.78 Å². The summed E-state index contributed by atoms with van der Waals surface area (Å²) in [5.41, 5.74) is 1.04. The van der Waals surface area contributed by atoms with Crippen molar-refractivity contribution in [2.75, 3.05) is 0 Å². The monoisotopic (exact) mass is 214 g/mol. The number of aromatic amines is 1. The fourth-order valence-electron chi connectivity index (χ4n) is 1.36. The van der Waals surface area contributed by atoms with E-state index in [1.54, 1.807) is 36.7 Å². The molecule has 4 nitrogen and oxygen atoms in total. The molecule has 0 aliphatic heterocycles. The Bertz CT molecular complexity index is 526. The maximum atomic E-state index is 11.7. The lowest BCUT2D eigenvalue weighted by molar-refractivity contribution is 0.0988. The van der Waals surface area contributed by atoms with E-state index in [9.17, 15) is 9.59 Å². The smallest absolute Gasteiger partial charge is 0.247 e. The second-order valence-electron chi connectivity index (χ2n) is 3.38. The molecule has 2 heterocycles. The zero-order valence-corrected chi connectivity index (χ0v) is 8.51. The zero-order chi connectivity index (χ0) is 11.4. The van der Waals surface area contributed by atoms with E-state index in [0.717, 1.165) is 5.56 Å². The quantitative estimate of drug-likeness (QED) is 0.781. The van der Waals surface area contributed by atoms with Crippen LogP contribution in [0, 0.1) is 0 Å². The SMILES string of the molecule is O=C(Cc1ccc(=O)[nH]c1)c1ccccn1. The van der Waals surface area contributed by atoms with E-state index >= 15 is 0 Å². The average Bonchev–Trinajstić information content (AvgIpc) is 2.33. The molecular weight excluding hydrogens is 204 g/mol. The van der Waals surface area contributed by atoms with Crippen LogP contribution in [0.15, 0.2) is 47.5 Å². The van der Waals surface area contributed by atoms with Crippen LogP contribution in [0.5, 0.6) is 0 Å². The molecule has 0 atom stereocenters. The second kappa shape index (κ2) is 4.53. The van der Waals surface area contributed by atoms with Gasteiger partial charge in [0, 0.05) is 24.9 Å². The summed E-state index contributed by atoms with van der Waals surface area (Å²) in [6, 6.07) is 8.25. The third kappa shape index (κ3) is 2.42. The van der Waals surface area contributed by atoms with Gasteiger partial charge in [0.1, 0.15) is 5.69 Å². The molecule has 1 N–H and O–H groups in total. The van der Waals surface area contributed by atoms with Crippen LogP contribution in [0.4, 0.5) is 0 Å². The Hall–Kier alpha value is -2.23. The predicted molar refractivity (Wildman–Crippen MR) is 59.3 cm³/mol. The van der Waals surface area contributed by atoms with E-state index < -0.39 is 0 Å². The van der Waals surface area contributed by atoms with Gasteiger partial charge in [-0.3, -0.25) is 14.6 Å². The lowest BCUT2D eigenvalue weighted by Gasteiger charge is -1.99. The van der Waals surface area contributed by atoms with Gasteiger partial charge in [-0.1, -0.05) is 12.1 Å². The topological polar surface area (TPSA) is 62.8 Å². The largest absolute Gasteiger partial charge is 0.329 e. The maximum absolute atomic E-state index is 11.7. The van der Waals surface area contributed by atoms with Gasteiger partial charge in [0.2, 0.25) is 5.56 Å². The van der Waals surface area contributed by atoms with E-state index in [2.05, 4.69) is 9.97 Å². The third-order valence-corrected chi connectivity index (χ3v) is 2.16. The van der Waals surface area contributed by atoms with Crippen molar-refractivity contribution in [3.8, 4) is 0 Å². The Balaban J connectivity index is 2.14. The zero-order valence-electron chi connectivity index (χ0n) is 8.51. The molecule has 0 saturated heterocycles. The molecule has 0 unspecified atom stereocenters. The first-order chi connectivity index (χ1) is 7.75. The molecule has 0 amide bonds. The number of pyridine rings is 2. The van der Waals surface area contributed by atoms with Crippen LogP contribution in [0.2, 0.25) is 0 Å². The number of nitrogens with one attached hydrogen (secondary N) is 1. The third-order valence-electron chi connectivity index (χ3n) is 2.16. The van der Waals surface area contributed by atoms with Crippen molar-refractivity contribution in [2.45, 2.75) is 6.42 Å². The summed E-state index contributed by atoms with van der Waals surface area (Å²) in [5.74, 6) is -0.0624. The number of aromatic nitrogens is 2. The van der Waals surface area contributed by atoms with Crippen LogP contribution >= 0.6 is 0 Å². The van der Waals surface area contributed by atoms with Crippen LogP contribution in [0.1, 0.15) is 16.1 Å². The first-order valence-corrected chi connectivity index (χ1v) is 4.87. The molecule has 2 rings (SSSR count). The standard InChI is InChI=1S/C12H10N2O2/c15-11(10-3-1-2-6-13-10)7-9-4-5-12(16)14-8-9/h1-6,8H,7H2,(H,14,16). The lowest BCUT2D eigenvalue weighted by atomic mass is 10.1. The first kappa shape index (κ1) is 10.3. The minimum Gasteiger partial charge on any atom is -0.329 e. The van der Waals surface area contributed by atoms with E-state index in [0.29, 0.717) is 5.69 Å². The molecule has 0 saturated carbocycles. The first-order valence-electron chi connectivity index (χ1n) is 4.87. The molecule has 0 fully saturated rings. The van der Waals surface area contributed by atoms with Crippen molar-refractivity contribution in [2.24, 2.45) is 0 Å². The van der Waals surface area contributed by atoms with Crippen LogP contribution in [0.3, 0.4) is 0 Å². The van der Waals surface area contributed by atoms with Crippen molar-refractivity contribution >= 4 is 5.78 Å². The van der Waals surface area contributed by atoms with Crippen molar-refractivity contribution in [1.82, 2.24) is 9.97 Å². The summed E-state index contributed by atoms with van der Waals surface area (Å²) in [6.45, 7) is 0. The summed E-state index contributed by atoms with van der Waals surface area (Å²) in [5, 5.41) is 0. The highest BCUT2D eigenvalue weighted by Gasteiger charge is 2.07. The molecule has 0 bridgehead atoms. The van der Waals surface area contributed by atoms with E-state index in [4.69, 9.17) is 0 Å². The molecule has 2 aromatic heterocycles. The summed E-state index contributed by atoms with van der Waals surface area (Å²) in [7, 11) is 0. The van der Waals surface area contributed by atoms with Crippen molar-refractivity contribution in [1.29, 1.82) is 0 Å². The average molecular weight is 214 g/mol. The van der Waals surface area contributed by atoms with Gasteiger partial charge < -0.3 is 4.98 Å². The Morgan fingerprint density at radius 2 is 2.12 bits per heavy atom. The van der Waals surface area contributed by atoms with Crippen LogP contribution in [0.25, 0.3) is 0 Å². The Kier molecular flexibility index (Phi) is 2.91. The van der Waals surface area contributed by atoms with E-state index in [1.807, 2.05) is 0 Å². The Morgan fingerprint density at radius 1 is 1.25 bits per heavy atom. The van der Waals surface area contributed by atoms with Crippen LogP contribution in [-0.2, 0) is 6.42 Å². The fourth-order valence-corrected chi connectivity index (χ4v) is 1.36. The number of Topliss-reactive ketones (excluding diaryl/α,β-unsaturated/α-hetero) is 1. The van der Waals surface area contributed by atoms with Gasteiger partial charge in [-0.25, -0.2) is 0 Å². The lowest BCUT2D eigenvalue weighted by Crippen LogP contribution is -2.08. The molecular formula is C12H10N2O2. The normalized spacial score (nSPS) is 10.0. The Labute approximate surface area is 92.0 Å². The van der Waals surface area contributed by atoms with E-state index in [1.165, 1.54) is 6.07 Å². The molecule has 0 aromatic carbocycles. The van der Waals surface area contributed by atoms with Gasteiger partial charge in [0.25, 0.3) is 0 Å². The highest BCUT2D eigenvalue weighted by atomic mass is 16.1. The number of carbonyl (C=O) groups excluding carboxylic acids is 1. The van der Waals surface area contributed by atoms with Crippen molar-refractivity contribution < 1.29 is 4.79 Å². The molecule has 0 aliphatic rings. The summed E-state index contributed by atoms with van der Waals surface area (Å²) in [4.78, 5) is 29.1. The fraction of sp³-hybridized carbons (Fsp3) is 0.0833. The van der Waals surface area contributed by atoms with Crippen molar-refractivity contribution in [3.05, 3.63) is 64.3 Å². The molecule has 0 spiro atoms. The number of nitrogens with zero attached hydrogens (tertiary/aromatic N) is 1. The van der Waals surface area contributed by atoms with Crippen LogP contribution in [-0.4, -0.2) is 15.8 Å². The summed E-state index contributed by atoms with van der Waals surface area (Å²) < 4.78 is 0. The molecule has 16 heavy (non-hydrogen) atoms. The molecule has 0 radical (unpaired) electrons. The molecule has 2 aromatic rings. The van der Waals surface area contributed by atoms with Gasteiger partial charge in [-0.15, -0.1) is 0 Å². The molecule has 4 heteroatoms. The summed E-state index contributed by atoms with van der Waals surface area (Å²) in [6.07, 6.45) is 3.37. The minimum atomic E-state index is -0.172. The number of hydrogen-bond acceptors (Lipinski definition) is 3. The Morgan fingerprint density at radius 3 is 2.75 bits per heavy atom. The highest BCUT2D eigenvalue weighted by molar-refractivity contribution is 5.95. The minimum absolute atomic E-state index is 0.0624. The second-order valence-corrected chi connectivity index (χ2v) is 3.38. The number of carbonyl (C=O) groups is 1. The van der Waals surface area contributed by atoms with Gasteiger partial charge in [-0.05, 0) is 17.7 Å². The predicted octanol–water partition coefficient (Wildman–Crippen LogP) is 1.20. The summed E-state index contributed by atoms with van der Waals surface area (Å²) >= 11 is 0. The van der Waals surface area contributed by atoms with Gasteiger partial charge in [0.05, 0.1) is 0 Å². The maximum Gasteiger partial charge on any atom is 0.247 e. The van der Waals surface area contributed by atoms with Crippen molar-refractivity contribution in [3.63, 3.8) is 0 Å². The number of hydrogen-bond donors (Lipinski definition) is 1. The number of H-pyrrole nitrogens is 1. The van der Waals surface area contributed by atoms with E-state index in [-0.39, 0.29) is 17.8 Å². The number of ketones is 1. The number of rotatable bonds is 3. The highest BCUT2D eigenvalue weighted by Crippen LogP contribution is 2.02. The molecule has 80 valence electrons. The van der Waals surface area contributed by atoms with Gasteiger partial charge >= 0.3 is 0 Å². The molecule has 0 aliphatic carbocycles. The van der Waals surface area contributed by atoms with Gasteiger partial charge in [-0.2, -0.15) is 0 Å².